The molecular formula is C14H16N4O2. The molecule has 0 radical (unpaired) electrons. The minimum absolute atomic E-state index is 0.0499. The molecule has 1 saturated carbocycles. The van der Waals surface area contributed by atoms with Gasteiger partial charge in [-0.2, -0.15) is 0 Å². The highest BCUT2D eigenvalue weighted by atomic mass is 16.5. The van der Waals surface area contributed by atoms with E-state index in [4.69, 9.17) is 4.74 Å². The fourth-order valence-corrected chi connectivity index (χ4v) is 3.11. The molecule has 2 atom stereocenters. The Morgan fingerprint density at radius 1 is 1.60 bits per heavy atom. The fraction of sp³-hybridized carbons (Fsp3) is 0.500. The molecule has 2 aromatic rings. The molecule has 2 aromatic heterocycles. The average molecular weight is 272 g/mol. The topological polar surface area (TPSA) is 69.0 Å². The molecule has 1 saturated heterocycles. The first-order chi connectivity index (χ1) is 9.70. The number of nitrogens with zero attached hydrogens (tertiary/aromatic N) is 3. The second-order valence-corrected chi connectivity index (χ2v) is 5.75. The first-order valence-electron chi connectivity index (χ1n) is 6.86. The van der Waals surface area contributed by atoms with Gasteiger partial charge in [0.05, 0.1) is 6.61 Å². The summed E-state index contributed by atoms with van der Waals surface area (Å²) in [5, 5.41) is 2.93. The van der Waals surface area contributed by atoms with E-state index in [1.165, 1.54) is 0 Å². The van der Waals surface area contributed by atoms with Crippen LogP contribution in [0.1, 0.15) is 12.8 Å². The Morgan fingerprint density at radius 2 is 2.50 bits per heavy atom. The molecule has 104 valence electrons. The van der Waals surface area contributed by atoms with Gasteiger partial charge in [0.1, 0.15) is 5.52 Å². The van der Waals surface area contributed by atoms with Crippen LogP contribution in [0.3, 0.4) is 0 Å². The number of aryl methyl sites for hydroxylation is 1. The molecule has 0 aromatic carbocycles. The Labute approximate surface area is 116 Å². The molecule has 4 rings (SSSR count). The lowest BCUT2D eigenvalue weighted by molar-refractivity contribution is -0.118. The van der Waals surface area contributed by atoms with E-state index in [9.17, 15) is 4.79 Å². The molecule has 0 bridgehead atoms. The number of anilines is 1. The Balaban J connectivity index is 1.56. The van der Waals surface area contributed by atoms with Crippen molar-refractivity contribution in [2.75, 3.05) is 18.5 Å². The van der Waals surface area contributed by atoms with Gasteiger partial charge in [-0.1, -0.05) is 0 Å². The summed E-state index contributed by atoms with van der Waals surface area (Å²) in [6.07, 6.45) is 3.65. The van der Waals surface area contributed by atoms with Crippen LogP contribution in [0, 0.1) is 11.3 Å². The van der Waals surface area contributed by atoms with Gasteiger partial charge < -0.3 is 4.74 Å². The third-order valence-electron chi connectivity index (χ3n) is 4.50. The van der Waals surface area contributed by atoms with Crippen molar-refractivity contribution in [2.45, 2.75) is 12.8 Å². The van der Waals surface area contributed by atoms with Crippen molar-refractivity contribution in [3.8, 4) is 0 Å². The third kappa shape index (κ3) is 1.64. The van der Waals surface area contributed by atoms with Crippen LogP contribution < -0.4 is 5.32 Å². The van der Waals surface area contributed by atoms with Crippen LogP contribution in [-0.4, -0.2) is 33.7 Å². The van der Waals surface area contributed by atoms with Gasteiger partial charge in [-0.3, -0.25) is 14.7 Å². The minimum Gasteiger partial charge on any atom is -0.381 e. The standard InChI is InChI=1S/C14H16N4O2/c1-18-11-10(3-2-5-15-11)16-13(18)17-12(19)9-7-14(9)4-6-20-8-14/h2-3,5,9H,4,6-8H2,1H3,(H,16,17,19). The van der Waals surface area contributed by atoms with Crippen molar-refractivity contribution in [2.24, 2.45) is 18.4 Å². The third-order valence-corrected chi connectivity index (χ3v) is 4.50. The highest BCUT2D eigenvalue weighted by molar-refractivity contribution is 5.95. The molecule has 2 unspecified atom stereocenters. The molecule has 1 aliphatic heterocycles. The predicted octanol–water partition coefficient (Wildman–Crippen LogP) is 1.33. The SMILES string of the molecule is Cn1c(NC(=O)C2CC23CCOC3)nc2cccnc21. The Hall–Kier alpha value is -1.95. The highest BCUT2D eigenvalue weighted by Crippen LogP contribution is 2.58. The van der Waals surface area contributed by atoms with E-state index >= 15 is 0 Å². The van der Waals surface area contributed by atoms with Gasteiger partial charge in [-0.05, 0) is 25.0 Å². The summed E-state index contributed by atoms with van der Waals surface area (Å²) in [6.45, 7) is 1.50. The summed E-state index contributed by atoms with van der Waals surface area (Å²) in [5.74, 6) is 0.677. The van der Waals surface area contributed by atoms with Crippen molar-refractivity contribution < 1.29 is 9.53 Å². The van der Waals surface area contributed by atoms with Crippen LogP contribution in [0.15, 0.2) is 18.3 Å². The van der Waals surface area contributed by atoms with Crippen LogP contribution in [0.2, 0.25) is 0 Å². The van der Waals surface area contributed by atoms with Crippen molar-refractivity contribution in [1.82, 2.24) is 14.5 Å². The number of carbonyl (C=O) groups is 1. The predicted molar refractivity (Wildman–Crippen MR) is 73.1 cm³/mol. The van der Waals surface area contributed by atoms with E-state index in [-0.39, 0.29) is 17.2 Å². The number of pyridine rings is 1. The Bertz CT molecular complexity index is 688. The molecular weight excluding hydrogens is 256 g/mol. The molecule has 6 nitrogen and oxygen atoms in total. The normalized spacial score (nSPS) is 28.1. The first kappa shape index (κ1) is 11.8. The van der Waals surface area contributed by atoms with Crippen LogP contribution in [-0.2, 0) is 16.6 Å². The average Bonchev–Trinajstić information content (AvgIpc) is 2.79. The summed E-state index contributed by atoms with van der Waals surface area (Å²) in [4.78, 5) is 21.0. The van der Waals surface area contributed by atoms with E-state index in [1.54, 1.807) is 6.20 Å². The van der Waals surface area contributed by atoms with Crippen LogP contribution >= 0.6 is 0 Å². The summed E-state index contributed by atoms with van der Waals surface area (Å²) in [5.41, 5.74) is 1.67. The summed E-state index contributed by atoms with van der Waals surface area (Å²) in [7, 11) is 1.86. The molecule has 6 heteroatoms. The van der Waals surface area contributed by atoms with Crippen LogP contribution in [0.25, 0.3) is 11.2 Å². The zero-order valence-corrected chi connectivity index (χ0v) is 11.3. The number of aromatic nitrogens is 3. The molecule has 1 aliphatic carbocycles. The van der Waals surface area contributed by atoms with Gasteiger partial charge in [0.2, 0.25) is 11.9 Å². The van der Waals surface area contributed by atoms with E-state index in [0.29, 0.717) is 5.95 Å². The highest BCUT2D eigenvalue weighted by Gasteiger charge is 2.59. The zero-order chi connectivity index (χ0) is 13.7. The second-order valence-electron chi connectivity index (χ2n) is 5.75. The van der Waals surface area contributed by atoms with Gasteiger partial charge in [-0.15, -0.1) is 0 Å². The van der Waals surface area contributed by atoms with E-state index in [2.05, 4.69) is 15.3 Å². The number of hydrogen-bond acceptors (Lipinski definition) is 4. The van der Waals surface area contributed by atoms with Crippen LogP contribution in [0.5, 0.6) is 0 Å². The lowest BCUT2D eigenvalue weighted by Crippen LogP contribution is -2.20. The first-order valence-corrected chi connectivity index (χ1v) is 6.86. The van der Waals surface area contributed by atoms with Crippen molar-refractivity contribution in [3.63, 3.8) is 0 Å². The zero-order valence-electron chi connectivity index (χ0n) is 11.3. The van der Waals surface area contributed by atoms with Gasteiger partial charge in [0.25, 0.3) is 0 Å². The number of carbonyl (C=O) groups excluding carboxylic acids is 1. The smallest absolute Gasteiger partial charge is 0.230 e. The number of ether oxygens (including phenoxy) is 1. The maximum absolute atomic E-state index is 12.3. The van der Waals surface area contributed by atoms with Gasteiger partial charge >= 0.3 is 0 Å². The molecule has 1 N–H and O–H groups in total. The van der Waals surface area contributed by atoms with Crippen molar-refractivity contribution in [1.29, 1.82) is 0 Å². The molecule has 1 spiro atoms. The summed E-state index contributed by atoms with van der Waals surface area (Å²) < 4.78 is 7.23. The van der Waals surface area contributed by atoms with E-state index < -0.39 is 0 Å². The molecule has 20 heavy (non-hydrogen) atoms. The maximum Gasteiger partial charge on any atom is 0.230 e. The number of rotatable bonds is 2. The largest absolute Gasteiger partial charge is 0.381 e. The Kier molecular flexibility index (Phi) is 2.38. The van der Waals surface area contributed by atoms with Crippen molar-refractivity contribution in [3.05, 3.63) is 18.3 Å². The van der Waals surface area contributed by atoms with Gasteiger partial charge in [0.15, 0.2) is 5.65 Å². The van der Waals surface area contributed by atoms with Gasteiger partial charge in [0, 0.05) is 31.2 Å². The number of fused-ring (bicyclic) bond motifs is 1. The minimum atomic E-state index is 0.0499. The lowest BCUT2D eigenvalue weighted by Gasteiger charge is -2.07. The fourth-order valence-electron chi connectivity index (χ4n) is 3.11. The van der Waals surface area contributed by atoms with E-state index in [1.807, 2.05) is 23.7 Å². The quantitative estimate of drug-likeness (QED) is 0.895. The molecule has 2 aliphatic rings. The number of nitrogens with one attached hydrogen (secondary N) is 1. The molecule has 3 heterocycles. The second kappa shape index (κ2) is 4.02. The van der Waals surface area contributed by atoms with Crippen LogP contribution in [0.4, 0.5) is 5.95 Å². The van der Waals surface area contributed by atoms with Gasteiger partial charge in [-0.25, -0.2) is 9.97 Å². The van der Waals surface area contributed by atoms with E-state index in [0.717, 1.165) is 37.2 Å². The number of amides is 1. The molecule has 2 fully saturated rings. The summed E-state index contributed by atoms with van der Waals surface area (Å²) >= 11 is 0. The molecule has 1 amide bonds. The number of hydrogen-bond donors (Lipinski definition) is 1. The Morgan fingerprint density at radius 3 is 3.25 bits per heavy atom. The monoisotopic (exact) mass is 272 g/mol. The summed E-state index contributed by atoms with van der Waals surface area (Å²) in [6, 6.07) is 3.73. The number of imidazole rings is 1. The van der Waals surface area contributed by atoms with Crippen molar-refractivity contribution >= 4 is 23.0 Å². The maximum atomic E-state index is 12.3. The lowest BCUT2D eigenvalue weighted by atomic mass is 10.0.